The molecule has 1 aromatic carbocycles. The van der Waals surface area contributed by atoms with Crippen LogP contribution < -0.4 is 0 Å². The molecule has 2 heterocycles. The van der Waals surface area contributed by atoms with Gasteiger partial charge in [0.2, 0.25) is 5.91 Å². The second kappa shape index (κ2) is 10.9. The summed E-state index contributed by atoms with van der Waals surface area (Å²) in [7, 11) is 0. The fraction of sp³-hybridized carbons (Fsp3) is 0.542. The van der Waals surface area contributed by atoms with Crippen molar-refractivity contribution in [2.24, 2.45) is 11.8 Å². The van der Waals surface area contributed by atoms with Crippen LogP contribution in [0.4, 0.5) is 4.79 Å². The summed E-state index contributed by atoms with van der Waals surface area (Å²) in [5, 5.41) is 20.2. The van der Waals surface area contributed by atoms with Crippen LogP contribution in [0.3, 0.4) is 0 Å². The predicted molar refractivity (Wildman–Crippen MR) is 123 cm³/mol. The molecule has 8 nitrogen and oxygen atoms in total. The third-order valence-corrected chi connectivity index (χ3v) is 6.91. The van der Waals surface area contributed by atoms with E-state index in [0.29, 0.717) is 12.8 Å². The largest absolute Gasteiger partial charge is 0.447 e. The van der Waals surface area contributed by atoms with Gasteiger partial charge in [0.25, 0.3) is 0 Å². The summed E-state index contributed by atoms with van der Waals surface area (Å²) in [6, 6.07) is 8.69. The van der Waals surface area contributed by atoms with Crippen molar-refractivity contribution in [2.45, 2.75) is 57.5 Å². The van der Waals surface area contributed by atoms with Crippen molar-refractivity contribution in [3.63, 3.8) is 0 Å². The lowest BCUT2D eigenvalue weighted by molar-refractivity contribution is -0.218. The van der Waals surface area contributed by atoms with Gasteiger partial charge in [0.15, 0.2) is 11.6 Å². The van der Waals surface area contributed by atoms with E-state index in [1.807, 2.05) is 44.2 Å². The van der Waals surface area contributed by atoms with E-state index in [4.69, 9.17) is 14.6 Å². The molecule has 2 amide bonds. The molecular weight excluding hydrogens is 494 g/mol. The van der Waals surface area contributed by atoms with Crippen LogP contribution in [0.2, 0.25) is 0 Å². The number of aliphatic hydroxyl groups excluding tert-OH is 1. The highest BCUT2D eigenvalue weighted by Crippen LogP contribution is 2.38. The second-order valence-corrected chi connectivity index (χ2v) is 9.65. The zero-order valence-electron chi connectivity index (χ0n) is 18.8. The Kier molecular flexibility index (Phi) is 8.44. The van der Waals surface area contributed by atoms with Crippen molar-refractivity contribution in [2.75, 3.05) is 13.2 Å². The Morgan fingerprint density at radius 3 is 2.58 bits per heavy atom. The quantitative estimate of drug-likeness (QED) is 0.478. The summed E-state index contributed by atoms with van der Waals surface area (Å²) >= 11 is 3.22. The molecule has 9 heteroatoms. The fourth-order valence-electron chi connectivity index (χ4n) is 4.13. The van der Waals surface area contributed by atoms with Gasteiger partial charge >= 0.3 is 6.09 Å². The fourth-order valence-corrected chi connectivity index (χ4v) is 4.65. The second-order valence-electron chi connectivity index (χ2n) is 8.79. The van der Waals surface area contributed by atoms with Gasteiger partial charge < -0.3 is 19.7 Å². The molecular formula is C24H30BrNO7. The van der Waals surface area contributed by atoms with E-state index in [1.165, 1.54) is 6.08 Å². The van der Waals surface area contributed by atoms with Crippen molar-refractivity contribution in [1.82, 2.24) is 4.90 Å². The number of imide groups is 1. The summed E-state index contributed by atoms with van der Waals surface area (Å²) in [6.45, 7) is 3.83. The normalized spacial score (nSPS) is 26.4. The zero-order chi connectivity index (χ0) is 24.2. The number of aliphatic hydroxyl groups is 2. The molecule has 2 aliphatic heterocycles. The van der Waals surface area contributed by atoms with Crippen LogP contribution in [-0.4, -0.2) is 64.0 Å². The maximum absolute atomic E-state index is 13.7. The summed E-state index contributed by atoms with van der Waals surface area (Å²) in [5.74, 6) is -3.94. The highest BCUT2D eigenvalue weighted by molar-refractivity contribution is 9.11. The maximum atomic E-state index is 13.7. The standard InChI is InChI=1S/C24H30BrNO7/c1-15(2)18-14-32-23(30)26(18)22(29)17(12-16-8-4-3-5-9-16)21-19(28)13-20(25)24(31,33-21)10-6-7-11-27/h3-5,8-9,13,15,17-18,21,27,31H,6-7,10-12,14H2,1-2H3/t17-,18+,21-,24+/m1/s1. The minimum atomic E-state index is -1.81. The first-order valence-corrected chi connectivity index (χ1v) is 11.9. The molecule has 33 heavy (non-hydrogen) atoms. The van der Waals surface area contributed by atoms with E-state index < -0.39 is 41.6 Å². The number of ketones is 1. The highest BCUT2D eigenvalue weighted by Gasteiger charge is 2.50. The van der Waals surface area contributed by atoms with Crippen LogP contribution in [0.15, 0.2) is 40.9 Å². The minimum absolute atomic E-state index is 0.0368. The summed E-state index contributed by atoms with van der Waals surface area (Å²) in [6.07, 6.45) is 0.369. The monoisotopic (exact) mass is 523 g/mol. The number of amides is 2. The molecule has 0 spiro atoms. The number of carbonyl (C=O) groups is 3. The number of hydrogen-bond acceptors (Lipinski definition) is 7. The van der Waals surface area contributed by atoms with Crippen molar-refractivity contribution < 1.29 is 34.1 Å². The summed E-state index contributed by atoms with van der Waals surface area (Å²) < 4.78 is 11.2. The Balaban J connectivity index is 1.96. The third kappa shape index (κ3) is 5.71. The number of hydrogen-bond donors (Lipinski definition) is 2. The van der Waals surface area contributed by atoms with Crippen LogP contribution in [0.5, 0.6) is 0 Å². The van der Waals surface area contributed by atoms with E-state index in [0.717, 1.165) is 10.5 Å². The number of halogens is 1. The van der Waals surface area contributed by atoms with Crippen LogP contribution in [0.25, 0.3) is 0 Å². The van der Waals surface area contributed by atoms with Crippen LogP contribution in [0, 0.1) is 11.8 Å². The van der Waals surface area contributed by atoms with E-state index in [9.17, 15) is 19.5 Å². The summed E-state index contributed by atoms with van der Waals surface area (Å²) in [5.41, 5.74) is 0.790. The molecule has 1 aromatic rings. The molecule has 3 rings (SSSR count). The molecule has 0 saturated carbocycles. The zero-order valence-corrected chi connectivity index (χ0v) is 20.4. The first-order chi connectivity index (χ1) is 15.7. The van der Waals surface area contributed by atoms with Crippen LogP contribution >= 0.6 is 15.9 Å². The number of carbonyl (C=O) groups excluding carboxylic acids is 3. The number of cyclic esters (lactones) is 1. The van der Waals surface area contributed by atoms with Crippen molar-refractivity contribution in [3.8, 4) is 0 Å². The van der Waals surface area contributed by atoms with Crippen molar-refractivity contribution in [1.29, 1.82) is 0 Å². The average Bonchev–Trinajstić information content (AvgIpc) is 3.17. The first kappa shape index (κ1) is 25.6. The van der Waals surface area contributed by atoms with E-state index in [2.05, 4.69) is 15.9 Å². The van der Waals surface area contributed by atoms with Gasteiger partial charge in [0.1, 0.15) is 12.7 Å². The Morgan fingerprint density at radius 1 is 1.24 bits per heavy atom. The molecule has 4 atom stereocenters. The smallest absolute Gasteiger partial charge is 0.416 e. The number of ether oxygens (including phenoxy) is 2. The van der Waals surface area contributed by atoms with E-state index >= 15 is 0 Å². The number of unbranched alkanes of at least 4 members (excludes halogenated alkanes) is 1. The molecule has 0 bridgehead atoms. The molecule has 1 fully saturated rings. The minimum Gasteiger partial charge on any atom is -0.447 e. The molecule has 2 aliphatic rings. The molecule has 180 valence electrons. The van der Waals surface area contributed by atoms with Gasteiger partial charge in [-0.3, -0.25) is 9.59 Å². The molecule has 0 aromatic heterocycles. The molecule has 0 aliphatic carbocycles. The van der Waals surface area contributed by atoms with Gasteiger partial charge in [-0.05, 0) is 52.7 Å². The first-order valence-electron chi connectivity index (χ1n) is 11.1. The summed E-state index contributed by atoms with van der Waals surface area (Å²) in [4.78, 5) is 40.3. The lowest BCUT2D eigenvalue weighted by Crippen LogP contribution is -2.54. The highest BCUT2D eigenvalue weighted by atomic mass is 79.9. The predicted octanol–water partition coefficient (Wildman–Crippen LogP) is 2.95. The lowest BCUT2D eigenvalue weighted by atomic mass is 9.87. The van der Waals surface area contributed by atoms with Crippen molar-refractivity contribution >= 4 is 33.7 Å². The molecule has 0 unspecified atom stereocenters. The third-order valence-electron chi connectivity index (χ3n) is 6.06. The Hall–Kier alpha value is -2.07. The van der Waals surface area contributed by atoms with Gasteiger partial charge in [-0.25, -0.2) is 9.69 Å². The van der Waals surface area contributed by atoms with Crippen molar-refractivity contribution in [3.05, 3.63) is 46.5 Å². The van der Waals surface area contributed by atoms with Gasteiger partial charge in [-0.1, -0.05) is 44.2 Å². The lowest BCUT2D eigenvalue weighted by Gasteiger charge is -2.39. The van der Waals surface area contributed by atoms with Gasteiger partial charge in [-0.2, -0.15) is 0 Å². The van der Waals surface area contributed by atoms with Crippen LogP contribution in [0.1, 0.15) is 38.7 Å². The topological polar surface area (TPSA) is 113 Å². The van der Waals surface area contributed by atoms with Gasteiger partial charge in [0, 0.05) is 13.0 Å². The van der Waals surface area contributed by atoms with E-state index in [1.54, 1.807) is 0 Å². The molecule has 0 radical (unpaired) electrons. The van der Waals surface area contributed by atoms with Gasteiger partial charge in [-0.15, -0.1) is 0 Å². The maximum Gasteiger partial charge on any atom is 0.416 e. The SMILES string of the molecule is CC(C)[C@@H]1COC(=O)N1C(=O)[C@H](Cc1ccccc1)[C@H]1O[C@@](O)(CCCCO)C(Br)=CC1=O. The number of benzene rings is 1. The average molecular weight is 524 g/mol. The Bertz CT molecular complexity index is 903. The Labute approximate surface area is 201 Å². The Morgan fingerprint density at radius 2 is 1.94 bits per heavy atom. The number of rotatable bonds is 9. The van der Waals surface area contributed by atoms with Crippen LogP contribution in [-0.2, 0) is 25.5 Å². The van der Waals surface area contributed by atoms with Gasteiger partial charge in [0.05, 0.1) is 16.4 Å². The molecule has 2 N–H and O–H groups in total. The number of nitrogens with zero attached hydrogens (tertiary/aromatic N) is 1. The molecule has 1 saturated heterocycles. The van der Waals surface area contributed by atoms with E-state index in [-0.39, 0.29) is 36.5 Å².